The van der Waals surface area contributed by atoms with Crippen molar-refractivity contribution in [1.29, 1.82) is 0 Å². The summed E-state index contributed by atoms with van der Waals surface area (Å²) in [6.07, 6.45) is 1.21. The number of benzene rings is 1. The Morgan fingerprint density at radius 3 is 2.67 bits per heavy atom. The summed E-state index contributed by atoms with van der Waals surface area (Å²) in [4.78, 5) is 22.7. The Bertz CT molecular complexity index is 509. The minimum Gasteiger partial charge on any atom is -0.494 e. The van der Waals surface area contributed by atoms with Crippen molar-refractivity contribution in [2.75, 3.05) is 18.5 Å². The van der Waals surface area contributed by atoms with Crippen molar-refractivity contribution in [1.82, 2.24) is 0 Å². The van der Waals surface area contributed by atoms with Crippen molar-refractivity contribution >= 4 is 17.6 Å². The molecule has 0 fully saturated rings. The van der Waals surface area contributed by atoms with E-state index in [1.165, 1.54) is 18.4 Å². The summed E-state index contributed by atoms with van der Waals surface area (Å²) in [5.41, 5.74) is 0.230. The third kappa shape index (κ3) is 2.60. The highest BCUT2D eigenvalue weighted by molar-refractivity contribution is 6.06. The number of hydrogen-bond donors (Lipinski definition) is 2. The van der Waals surface area contributed by atoms with Crippen LogP contribution in [-0.2, 0) is 14.3 Å². The summed E-state index contributed by atoms with van der Waals surface area (Å²) in [6.45, 7) is 0.683. The minimum absolute atomic E-state index is 0.0168. The van der Waals surface area contributed by atoms with Crippen LogP contribution in [0.15, 0.2) is 36.3 Å². The number of nitrogens with one attached hydrogen (secondary N) is 1. The molecule has 0 aliphatic carbocycles. The molecule has 1 aromatic rings. The van der Waals surface area contributed by atoms with Crippen LogP contribution in [0, 0.1) is 0 Å². The first kappa shape index (κ1) is 12.0. The van der Waals surface area contributed by atoms with Crippen LogP contribution in [0.1, 0.15) is 10.4 Å². The third-order valence-corrected chi connectivity index (χ3v) is 2.28. The summed E-state index contributed by atoms with van der Waals surface area (Å²) in [7, 11) is 0. The average Bonchev–Trinajstić information content (AvgIpc) is 2.40. The van der Waals surface area contributed by atoms with Crippen LogP contribution in [0.4, 0.5) is 5.69 Å². The van der Waals surface area contributed by atoms with Gasteiger partial charge in [0.15, 0.2) is 0 Å². The molecule has 1 aliphatic rings. The fraction of sp³-hybridized carbons (Fsp3) is 0.167. The molecule has 1 aromatic carbocycles. The highest BCUT2D eigenvalue weighted by Crippen LogP contribution is 2.16. The van der Waals surface area contributed by atoms with Gasteiger partial charge in [-0.3, -0.25) is 4.79 Å². The van der Waals surface area contributed by atoms with E-state index in [-0.39, 0.29) is 17.0 Å². The first-order valence-corrected chi connectivity index (χ1v) is 5.27. The molecule has 6 heteroatoms. The second-order valence-electron chi connectivity index (χ2n) is 3.51. The maximum absolute atomic E-state index is 11.8. The van der Waals surface area contributed by atoms with E-state index in [1.54, 1.807) is 12.1 Å². The van der Waals surface area contributed by atoms with E-state index in [0.29, 0.717) is 13.2 Å². The van der Waals surface area contributed by atoms with Gasteiger partial charge in [-0.2, -0.15) is 0 Å². The van der Waals surface area contributed by atoms with Crippen LogP contribution >= 0.6 is 0 Å². The number of aromatic carboxylic acids is 1. The van der Waals surface area contributed by atoms with Crippen LogP contribution in [-0.4, -0.2) is 30.2 Å². The second kappa shape index (κ2) is 5.22. The van der Waals surface area contributed by atoms with E-state index in [1.807, 2.05) is 0 Å². The summed E-state index contributed by atoms with van der Waals surface area (Å²) >= 11 is 0. The van der Waals surface area contributed by atoms with Crippen molar-refractivity contribution < 1.29 is 24.2 Å². The number of carboxylic acid groups (broad SMARTS) is 1. The predicted octanol–water partition coefficient (Wildman–Crippen LogP) is 1.21. The van der Waals surface area contributed by atoms with Crippen LogP contribution in [0.3, 0.4) is 0 Å². The highest BCUT2D eigenvalue weighted by atomic mass is 16.6. The number of ether oxygens (including phenoxy) is 2. The van der Waals surface area contributed by atoms with Gasteiger partial charge in [-0.1, -0.05) is 12.1 Å². The number of para-hydroxylation sites is 1. The quantitative estimate of drug-likeness (QED) is 0.841. The first-order valence-electron chi connectivity index (χ1n) is 5.27. The highest BCUT2D eigenvalue weighted by Gasteiger charge is 2.17. The standard InChI is InChI=1S/C12H11NO5/c14-11(10-7-17-5-6-18-10)13-9-4-2-1-3-8(9)12(15)16/h1-4,7H,5-6H2,(H,13,14)(H,15,16). The van der Waals surface area contributed by atoms with Gasteiger partial charge in [0.05, 0.1) is 11.3 Å². The van der Waals surface area contributed by atoms with E-state index >= 15 is 0 Å². The van der Waals surface area contributed by atoms with Gasteiger partial charge >= 0.3 is 5.97 Å². The molecule has 0 saturated heterocycles. The molecule has 0 saturated carbocycles. The Hall–Kier alpha value is -2.50. The van der Waals surface area contributed by atoms with Gasteiger partial charge in [0.25, 0.3) is 5.91 Å². The number of anilines is 1. The van der Waals surface area contributed by atoms with Crippen LogP contribution in [0.25, 0.3) is 0 Å². The van der Waals surface area contributed by atoms with E-state index in [0.717, 1.165) is 0 Å². The van der Waals surface area contributed by atoms with Crippen molar-refractivity contribution in [3.05, 3.63) is 41.9 Å². The largest absolute Gasteiger partial charge is 0.494 e. The lowest BCUT2D eigenvalue weighted by Crippen LogP contribution is -2.22. The average molecular weight is 249 g/mol. The lowest BCUT2D eigenvalue weighted by Gasteiger charge is -2.15. The monoisotopic (exact) mass is 249 g/mol. The van der Waals surface area contributed by atoms with Gasteiger partial charge in [-0.15, -0.1) is 0 Å². The normalized spacial score (nSPS) is 13.9. The number of rotatable bonds is 3. The predicted molar refractivity (Wildman–Crippen MR) is 62.0 cm³/mol. The van der Waals surface area contributed by atoms with Gasteiger partial charge in [0.2, 0.25) is 5.76 Å². The maximum Gasteiger partial charge on any atom is 0.337 e. The number of carboxylic acids is 1. The molecule has 18 heavy (non-hydrogen) atoms. The van der Waals surface area contributed by atoms with Crippen molar-refractivity contribution in [2.24, 2.45) is 0 Å². The zero-order chi connectivity index (χ0) is 13.0. The van der Waals surface area contributed by atoms with Crippen LogP contribution < -0.4 is 5.32 Å². The Kier molecular flexibility index (Phi) is 3.47. The molecular weight excluding hydrogens is 238 g/mol. The third-order valence-electron chi connectivity index (χ3n) is 2.28. The molecule has 0 aromatic heterocycles. The molecule has 2 rings (SSSR count). The second-order valence-corrected chi connectivity index (χ2v) is 3.51. The van der Waals surface area contributed by atoms with Gasteiger partial charge in [-0.25, -0.2) is 4.79 Å². The molecule has 1 heterocycles. The van der Waals surface area contributed by atoms with Crippen molar-refractivity contribution in [3.63, 3.8) is 0 Å². The first-order chi connectivity index (χ1) is 8.68. The molecule has 2 N–H and O–H groups in total. The summed E-state index contributed by atoms with van der Waals surface area (Å²) in [5, 5.41) is 11.4. The Morgan fingerprint density at radius 1 is 1.22 bits per heavy atom. The number of carbonyl (C=O) groups excluding carboxylic acids is 1. The minimum atomic E-state index is -1.11. The maximum atomic E-state index is 11.8. The van der Waals surface area contributed by atoms with E-state index in [2.05, 4.69) is 5.32 Å². The molecular formula is C12H11NO5. The summed E-state index contributed by atoms with van der Waals surface area (Å²) in [5.74, 6) is -1.62. The molecule has 0 bridgehead atoms. The van der Waals surface area contributed by atoms with E-state index in [4.69, 9.17) is 14.6 Å². The molecule has 0 spiro atoms. The van der Waals surface area contributed by atoms with Gasteiger partial charge in [0, 0.05) is 0 Å². The number of amides is 1. The van der Waals surface area contributed by atoms with Crippen molar-refractivity contribution in [3.8, 4) is 0 Å². The smallest absolute Gasteiger partial charge is 0.337 e. The number of hydrogen-bond acceptors (Lipinski definition) is 4. The van der Waals surface area contributed by atoms with Gasteiger partial charge < -0.3 is 19.9 Å². The van der Waals surface area contributed by atoms with Crippen molar-refractivity contribution in [2.45, 2.75) is 0 Å². The fourth-order valence-corrected chi connectivity index (χ4v) is 1.45. The zero-order valence-corrected chi connectivity index (χ0v) is 9.38. The lowest BCUT2D eigenvalue weighted by molar-refractivity contribution is -0.117. The molecule has 1 amide bonds. The van der Waals surface area contributed by atoms with E-state index in [9.17, 15) is 9.59 Å². The molecule has 0 radical (unpaired) electrons. The summed E-state index contributed by atoms with van der Waals surface area (Å²) in [6, 6.07) is 6.13. The number of carbonyl (C=O) groups is 2. The Balaban J connectivity index is 2.16. The van der Waals surface area contributed by atoms with Gasteiger partial charge in [0.1, 0.15) is 19.5 Å². The molecule has 0 unspecified atom stereocenters. The molecule has 6 nitrogen and oxygen atoms in total. The molecule has 1 aliphatic heterocycles. The van der Waals surface area contributed by atoms with Crippen LogP contribution in [0.2, 0.25) is 0 Å². The van der Waals surface area contributed by atoms with E-state index < -0.39 is 11.9 Å². The van der Waals surface area contributed by atoms with Gasteiger partial charge in [-0.05, 0) is 12.1 Å². The Labute approximate surface area is 103 Å². The lowest BCUT2D eigenvalue weighted by atomic mass is 10.2. The van der Waals surface area contributed by atoms with Crippen LogP contribution in [0.5, 0.6) is 0 Å². The molecule has 0 atom stereocenters. The fourth-order valence-electron chi connectivity index (χ4n) is 1.45. The zero-order valence-electron chi connectivity index (χ0n) is 9.38. The molecule has 94 valence electrons. The Morgan fingerprint density at radius 2 is 2.00 bits per heavy atom. The summed E-state index contributed by atoms with van der Waals surface area (Å²) < 4.78 is 10.0. The SMILES string of the molecule is O=C(Nc1ccccc1C(=O)O)C1=COCCO1. The topological polar surface area (TPSA) is 84.9 Å².